The zero-order valence-corrected chi connectivity index (χ0v) is 8.54. The smallest absolute Gasteiger partial charge is 0.329 e. The molecule has 0 aliphatic carbocycles. The molecule has 0 bridgehead atoms. The summed E-state index contributed by atoms with van der Waals surface area (Å²) in [5.74, 6) is 4.21. The Morgan fingerprint density at radius 3 is 2.29 bits per heavy atom. The van der Waals surface area contributed by atoms with E-state index in [-0.39, 0.29) is 12.4 Å². The van der Waals surface area contributed by atoms with Crippen LogP contribution in [0.1, 0.15) is 12.5 Å². The fourth-order valence-corrected chi connectivity index (χ4v) is 1.04. The minimum absolute atomic E-state index is 0. The molecule has 0 saturated carbocycles. The quantitative estimate of drug-likeness (QED) is 0.518. The number of nitrogens with one attached hydrogen (secondary N) is 1. The minimum Gasteiger partial charge on any atom is -0.480 e. The first-order chi connectivity index (χ1) is 6.11. The first kappa shape index (κ1) is 12.9. The Bertz CT molecular complexity index is 305. The van der Waals surface area contributed by atoms with Gasteiger partial charge in [-0.2, -0.15) is 0 Å². The maximum atomic E-state index is 10.9. The number of benzene rings is 1. The third-order valence-corrected chi connectivity index (χ3v) is 2.07. The molecule has 14 heavy (non-hydrogen) atoms. The molecule has 0 saturated heterocycles. The molecule has 0 heterocycles. The van der Waals surface area contributed by atoms with E-state index in [1.807, 2.05) is 6.07 Å². The highest BCUT2D eigenvalue weighted by Crippen LogP contribution is 2.19. The molecule has 0 amide bonds. The van der Waals surface area contributed by atoms with Crippen molar-refractivity contribution in [1.82, 2.24) is 5.43 Å². The molecule has 0 spiro atoms. The zero-order valence-electron chi connectivity index (χ0n) is 7.73. The number of carboxylic acids is 1. The lowest BCUT2D eigenvalue weighted by Crippen LogP contribution is -2.50. The van der Waals surface area contributed by atoms with E-state index in [4.69, 9.17) is 10.9 Å². The summed E-state index contributed by atoms with van der Waals surface area (Å²) in [4.78, 5) is 10.9. The monoisotopic (exact) mass is 216 g/mol. The van der Waals surface area contributed by atoms with Crippen LogP contribution in [0.3, 0.4) is 0 Å². The van der Waals surface area contributed by atoms with Gasteiger partial charge in [0.2, 0.25) is 0 Å². The minimum atomic E-state index is -1.22. The van der Waals surface area contributed by atoms with Gasteiger partial charge in [-0.1, -0.05) is 30.3 Å². The Hall–Kier alpha value is -1.10. The molecule has 4 N–H and O–H groups in total. The van der Waals surface area contributed by atoms with Crippen molar-refractivity contribution < 1.29 is 9.90 Å². The van der Waals surface area contributed by atoms with Crippen molar-refractivity contribution in [2.75, 3.05) is 0 Å². The summed E-state index contributed by atoms with van der Waals surface area (Å²) in [6.45, 7) is 1.52. The Balaban J connectivity index is 0.00000169. The second-order valence-corrected chi connectivity index (χ2v) is 2.94. The first-order valence-electron chi connectivity index (χ1n) is 3.88. The molecule has 0 aromatic heterocycles. The number of carboxylic acid groups (broad SMARTS) is 1. The van der Waals surface area contributed by atoms with E-state index < -0.39 is 11.5 Å². The van der Waals surface area contributed by atoms with Gasteiger partial charge < -0.3 is 5.11 Å². The molecule has 0 radical (unpaired) electrons. The van der Waals surface area contributed by atoms with Crippen LogP contribution in [0.4, 0.5) is 0 Å². The molecule has 0 aliphatic rings. The van der Waals surface area contributed by atoms with Crippen LogP contribution in [0, 0.1) is 0 Å². The predicted octanol–water partition coefficient (Wildman–Crippen LogP) is 0.871. The number of nitrogens with two attached hydrogens (primary N) is 1. The average molecular weight is 217 g/mol. The lowest BCUT2D eigenvalue weighted by atomic mass is 9.93. The van der Waals surface area contributed by atoms with Crippen LogP contribution in [0.25, 0.3) is 0 Å². The lowest BCUT2D eigenvalue weighted by molar-refractivity contribution is -0.144. The molecule has 1 rings (SSSR count). The Morgan fingerprint density at radius 1 is 1.43 bits per heavy atom. The Kier molecular flexibility index (Phi) is 4.56. The third-order valence-electron chi connectivity index (χ3n) is 2.07. The van der Waals surface area contributed by atoms with E-state index in [0.717, 1.165) is 0 Å². The molecule has 4 nitrogen and oxygen atoms in total. The summed E-state index contributed by atoms with van der Waals surface area (Å²) in [5.41, 5.74) is 1.70. The highest BCUT2D eigenvalue weighted by atomic mass is 35.5. The van der Waals surface area contributed by atoms with Crippen LogP contribution >= 0.6 is 12.4 Å². The van der Waals surface area contributed by atoms with E-state index in [1.165, 1.54) is 6.92 Å². The van der Waals surface area contributed by atoms with Crippen molar-refractivity contribution in [1.29, 1.82) is 0 Å². The van der Waals surface area contributed by atoms with Gasteiger partial charge in [-0.05, 0) is 12.5 Å². The molecule has 78 valence electrons. The van der Waals surface area contributed by atoms with Crippen LogP contribution in [0.15, 0.2) is 30.3 Å². The van der Waals surface area contributed by atoms with Crippen LogP contribution in [-0.2, 0) is 10.3 Å². The average Bonchev–Trinajstić information content (AvgIpc) is 2.17. The number of carbonyl (C=O) groups is 1. The highest BCUT2D eigenvalue weighted by Gasteiger charge is 2.33. The van der Waals surface area contributed by atoms with Crippen molar-refractivity contribution in [3.05, 3.63) is 35.9 Å². The van der Waals surface area contributed by atoms with Gasteiger partial charge >= 0.3 is 5.97 Å². The summed E-state index contributed by atoms with van der Waals surface area (Å²) in [7, 11) is 0. The zero-order chi connectivity index (χ0) is 9.90. The second kappa shape index (κ2) is 4.95. The lowest BCUT2D eigenvalue weighted by Gasteiger charge is -2.23. The normalized spacial score (nSPS) is 13.9. The largest absolute Gasteiger partial charge is 0.480 e. The fourth-order valence-electron chi connectivity index (χ4n) is 1.04. The molecule has 5 heteroatoms. The van der Waals surface area contributed by atoms with Crippen LogP contribution in [0.2, 0.25) is 0 Å². The van der Waals surface area contributed by atoms with Gasteiger partial charge in [0.15, 0.2) is 5.54 Å². The summed E-state index contributed by atoms with van der Waals surface area (Å²) in [6.07, 6.45) is 0. The maximum Gasteiger partial charge on any atom is 0.329 e. The summed E-state index contributed by atoms with van der Waals surface area (Å²) in [5, 5.41) is 8.94. The summed E-state index contributed by atoms with van der Waals surface area (Å²) < 4.78 is 0. The van der Waals surface area contributed by atoms with Gasteiger partial charge in [-0.25, -0.2) is 10.2 Å². The van der Waals surface area contributed by atoms with E-state index in [1.54, 1.807) is 24.3 Å². The van der Waals surface area contributed by atoms with Crippen molar-refractivity contribution in [3.63, 3.8) is 0 Å². The summed E-state index contributed by atoms with van der Waals surface area (Å²) in [6, 6.07) is 8.80. The molecule has 1 unspecified atom stereocenters. The third kappa shape index (κ3) is 2.23. The molecule has 0 aliphatic heterocycles. The highest BCUT2D eigenvalue weighted by molar-refractivity contribution is 5.85. The fraction of sp³-hybridized carbons (Fsp3) is 0.222. The van der Waals surface area contributed by atoms with Crippen molar-refractivity contribution in [2.45, 2.75) is 12.5 Å². The van der Waals surface area contributed by atoms with Gasteiger partial charge in [0.25, 0.3) is 0 Å². The predicted molar refractivity (Wildman–Crippen MR) is 56.0 cm³/mol. The standard InChI is InChI=1S/C9H12N2O2.ClH/c1-9(11-10,8(12)13)7-5-3-2-4-6-7;/h2-6,11H,10H2,1H3,(H,12,13);1H. The van der Waals surface area contributed by atoms with Gasteiger partial charge in [-0.3, -0.25) is 5.84 Å². The molecular weight excluding hydrogens is 204 g/mol. The number of aliphatic carboxylic acids is 1. The molecular formula is C9H13ClN2O2. The van der Waals surface area contributed by atoms with E-state index in [9.17, 15) is 4.79 Å². The Morgan fingerprint density at radius 2 is 1.93 bits per heavy atom. The topological polar surface area (TPSA) is 75.3 Å². The number of hydrogen-bond acceptors (Lipinski definition) is 3. The van der Waals surface area contributed by atoms with Gasteiger partial charge in [0.05, 0.1) is 0 Å². The van der Waals surface area contributed by atoms with Gasteiger partial charge in [-0.15, -0.1) is 12.4 Å². The Labute approximate surface area is 88.5 Å². The molecule has 1 atom stereocenters. The second-order valence-electron chi connectivity index (χ2n) is 2.94. The van der Waals surface area contributed by atoms with Crippen LogP contribution in [-0.4, -0.2) is 11.1 Å². The summed E-state index contributed by atoms with van der Waals surface area (Å²) >= 11 is 0. The first-order valence-corrected chi connectivity index (χ1v) is 3.88. The maximum absolute atomic E-state index is 10.9. The van der Waals surface area contributed by atoms with E-state index in [0.29, 0.717) is 5.56 Å². The molecule has 1 aromatic carbocycles. The van der Waals surface area contributed by atoms with Crippen LogP contribution < -0.4 is 11.3 Å². The molecule has 0 fully saturated rings. The number of rotatable bonds is 3. The van der Waals surface area contributed by atoms with Crippen molar-refractivity contribution in [3.8, 4) is 0 Å². The number of hydrogen-bond donors (Lipinski definition) is 3. The van der Waals surface area contributed by atoms with E-state index >= 15 is 0 Å². The van der Waals surface area contributed by atoms with Gasteiger partial charge in [0.1, 0.15) is 0 Å². The van der Waals surface area contributed by atoms with Crippen molar-refractivity contribution >= 4 is 18.4 Å². The van der Waals surface area contributed by atoms with E-state index in [2.05, 4.69) is 5.43 Å². The van der Waals surface area contributed by atoms with Crippen LogP contribution in [0.5, 0.6) is 0 Å². The van der Waals surface area contributed by atoms with Crippen molar-refractivity contribution in [2.24, 2.45) is 5.84 Å². The number of halogens is 1. The number of hydrazine groups is 1. The van der Waals surface area contributed by atoms with Gasteiger partial charge in [0, 0.05) is 0 Å². The molecule has 1 aromatic rings. The SMILES string of the molecule is CC(NN)(C(=O)O)c1ccccc1.Cl.